The first-order valence-corrected chi connectivity index (χ1v) is 5.70. The number of nitrogens with zero attached hydrogens (tertiary/aromatic N) is 1. The van der Waals surface area contributed by atoms with Gasteiger partial charge in [0.25, 0.3) is 0 Å². The maximum Gasteiger partial charge on any atom is 0.389 e. The van der Waals surface area contributed by atoms with Crippen molar-refractivity contribution in [3.05, 3.63) is 11.1 Å². The van der Waals surface area contributed by atoms with Gasteiger partial charge in [-0.1, -0.05) is 11.3 Å². The molecule has 8 heteroatoms. The largest absolute Gasteiger partial charge is 0.477 e. The molecule has 96 valence electrons. The second-order valence-electron chi connectivity index (χ2n) is 3.33. The van der Waals surface area contributed by atoms with Crippen molar-refractivity contribution < 1.29 is 23.1 Å². The van der Waals surface area contributed by atoms with Gasteiger partial charge in [-0.2, -0.15) is 13.2 Å². The Morgan fingerprint density at radius 2 is 2.18 bits per heavy atom. The Bertz CT molecular complexity index is 379. The molecule has 0 amide bonds. The fourth-order valence-corrected chi connectivity index (χ4v) is 1.78. The second-order valence-corrected chi connectivity index (χ2v) is 4.36. The van der Waals surface area contributed by atoms with E-state index in [-0.39, 0.29) is 11.3 Å². The number of nitrogens with one attached hydrogen (secondary N) is 1. The van der Waals surface area contributed by atoms with Crippen LogP contribution < -0.4 is 5.32 Å². The number of unbranched alkanes of at least 4 members (excludes halogenated alkanes) is 1. The average Bonchev–Trinajstić information content (AvgIpc) is 2.64. The van der Waals surface area contributed by atoms with Crippen LogP contribution in [0.3, 0.4) is 0 Å². The van der Waals surface area contributed by atoms with Gasteiger partial charge in [0, 0.05) is 13.0 Å². The van der Waals surface area contributed by atoms with Gasteiger partial charge in [-0.05, 0) is 12.8 Å². The molecule has 0 aliphatic carbocycles. The number of hydrogen-bond donors (Lipinski definition) is 2. The summed E-state index contributed by atoms with van der Waals surface area (Å²) in [5, 5.41) is 11.8. The number of thiazole rings is 1. The number of rotatable bonds is 6. The fourth-order valence-electron chi connectivity index (χ4n) is 1.10. The van der Waals surface area contributed by atoms with Crippen LogP contribution in [0, 0.1) is 0 Å². The minimum Gasteiger partial charge on any atom is -0.477 e. The zero-order chi connectivity index (χ0) is 12.9. The molecule has 0 saturated carbocycles. The summed E-state index contributed by atoms with van der Waals surface area (Å²) in [6, 6.07) is 0. The molecular formula is C9H11F3N2O2S. The van der Waals surface area contributed by atoms with Crippen LogP contribution in [-0.2, 0) is 0 Å². The Labute approximate surface area is 99.5 Å². The number of carboxylic acids is 1. The number of anilines is 1. The Balaban J connectivity index is 2.20. The van der Waals surface area contributed by atoms with Crippen molar-refractivity contribution in [3.63, 3.8) is 0 Å². The molecule has 17 heavy (non-hydrogen) atoms. The topological polar surface area (TPSA) is 62.2 Å². The third-order valence-corrected chi connectivity index (χ3v) is 2.82. The number of carboxylic acid groups (broad SMARTS) is 1. The Kier molecular flexibility index (Phi) is 4.73. The standard InChI is InChI=1S/C9H11F3N2O2S/c10-9(11,12)3-1-2-4-13-8-14-5-6(17-8)7(15)16/h5H,1-4H2,(H,13,14)(H,15,16). The molecule has 2 N–H and O–H groups in total. The van der Waals surface area contributed by atoms with E-state index in [2.05, 4.69) is 10.3 Å². The normalized spacial score (nSPS) is 11.5. The van der Waals surface area contributed by atoms with Gasteiger partial charge in [0.05, 0.1) is 6.20 Å². The monoisotopic (exact) mass is 268 g/mol. The van der Waals surface area contributed by atoms with Gasteiger partial charge in [0.2, 0.25) is 0 Å². The summed E-state index contributed by atoms with van der Waals surface area (Å²) in [5.74, 6) is -1.06. The van der Waals surface area contributed by atoms with Crippen molar-refractivity contribution in [1.29, 1.82) is 0 Å². The molecule has 0 radical (unpaired) electrons. The third kappa shape index (κ3) is 5.53. The molecule has 0 unspecified atom stereocenters. The number of hydrogen-bond acceptors (Lipinski definition) is 4. The minimum absolute atomic E-state index is 0.0493. The van der Waals surface area contributed by atoms with E-state index < -0.39 is 18.6 Å². The van der Waals surface area contributed by atoms with E-state index in [9.17, 15) is 18.0 Å². The summed E-state index contributed by atoms with van der Waals surface area (Å²) < 4.78 is 35.4. The van der Waals surface area contributed by atoms with Crippen LogP contribution in [0.25, 0.3) is 0 Å². The smallest absolute Gasteiger partial charge is 0.389 e. The number of alkyl halides is 3. The van der Waals surface area contributed by atoms with Crippen LogP contribution in [0.1, 0.15) is 28.9 Å². The van der Waals surface area contributed by atoms with Gasteiger partial charge in [0.15, 0.2) is 5.13 Å². The minimum atomic E-state index is -4.11. The lowest BCUT2D eigenvalue weighted by molar-refractivity contribution is -0.135. The molecular weight excluding hydrogens is 257 g/mol. The van der Waals surface area contributed by atoms with Crippen molar-refractivity contribution >= 4 is 22.4 Å². The summed E-state index contributed by atoms with van der Waals surface area (Å²) in [6.07, 6.45) is -3.29. The first-order valence-electron chi connectivity index (χ1n) is 4.88. The third-order valence-electron chi connectivity index (χ3n) is 1.88. The molecule has 0 atom stereocenters. The van der Waals surface area contributed by atoms with Crippen molar-refractivity contribution in [2.24, 2.45) is 0 Å². The highest BCUT2D eigenvalue weighted by Gasteiger charge is 2.25. The molecule has 0 saturated heterocycles. The highest BCUT2D eigenvalue weighted by molar-refractivity contribution is 7.17. The summed E-state index contributed by atoms with van der Waals surface area (Å²) >= 11 is 0.961. The predicted molar refractivity (Wildman–Crippen MR) is 57.5 cm³/mol. The van der Waals surface area contributed by atoms with Crippen LogP contribution in [0.2, 0.25) is 0 Å². The van der Waals surface area contributed by atoms with Gasteiger partial charge < -0.3 is 10.4 Å². The highest BCUT2D eigenvalue weighted by atomic mass is 32.1. The first-order chi connectivity index (χ1) is 7.88. The SMILES string of the molecule is O=C(O)c1cnc(NCCCCC(F)(F)F)s1. The Hall–Kier alpha value is -1.31. The molecule has 0 aliphatic heterocycles. The summed E-state index contributed by atoms with van der Waals surface area (Å²) in [4.78, 5) is 14.4. The molecule has 0 aromatic carbocycles. The van der Waals surface area contributed by atoms with Gasteiger partial charge >= 0.3 is 12.1 Å². The lowest BCUT2D eigenvalue weighted by atomic mass is 10.2. The number of halogens is 3. The molecule has 4 nitrogen and oxygen atoms in total. The van der Waals surface area contributed by atoms with Crippen LogP contribution >= 0.6 is 11.3 Å². The van der Waals surface area contributed by atoms with E-state index in [1.165, 1.54) is 6.20 Å². The zero-order valence-electron chi connectivity index (χ0n) is 8.75. The van der Waals surface area contributed by atoms with E-state index in [1.807, 2.05) is 0 Å². The van der Waals surface area contributed by atoms with Crippen molar-refractivity contribution in [3.8, 4) is 0 Å². The lowest BCUT2D eigenvalue weighted by Crippen LogP contribution is -2.08. The molecule has 0 spiro atoms. The van der Waals surface area contributed by atoms with Gasteiger partial charge in [-0.15, -0.1) is 0 Å². The van der Waals surface area contributed by atoms with Crippen LogP contribution in [0.15, 0.2) is 6.20 Å². The maximum atomic E-state index is 11.8. The van der Waals surface area contributed by atoms with Crippen molar-refractivity contribution in [1.82, 2.24) is 4.98 Å². The molecule has 0 bridgehead atoms. The van der Waals surface area contributed by atoms with Crippen LogP contribution in [0.4, 0.5) is 18.3 Å². The fraction of sp³-hybridized carbons (Fsp3) is 0.556. The molecule has 1 aromatic heterocycles. The first kappa shape index (κ1) is 13.8. The van der Waals surface area contributed by atoms with Crippen molar-refractivity contribution in [2.75, 3.05) is 11.9 Å². The summed E-state index contributed by atoms with van der Waals surface area (Å²) in [6.45, 7) is 0.350. The van der Waals surface area contributed by atoms with E-state index >= 15 is 0 Å². The highest BCUT2D eigenvalue weighted by Crippen LogP contribution is 2.22. The van der Waals surface area contributed by atoms with Gasteiger partial charge in [-0.25, -0.2) is 9.78 Å². The average molecular weight is 268 g/mol. The molecule has 1 heterocycles. The van der Waals surface area contributed by atoms with Gasteiger partial charge in [0.1, 0.15) is 4.88 Å². The molecule has 1 rings (SSSR count). The quantitative estimate of drug-likeness (QED) is 0.778. The Morgan fingerprint density at radius 3 is 2.71 bits per heavy atom. The van der Waals surface area contributed by atoms with E-state index in [0.717, 1.165) is 11.3 Å². The maximum absolute atomic E-state index is 11.8. The number of aromatic carboxylic acids is 1. The number of aromatic nitrogens is 1. The summed E-state index contributed by atoms with van der Waals surface area (Å²) in [7, 11) is 0. The zero-order valence-corrected chi connectivity index (χ0v) is 9.57. The van der Waals surface area contributed by atoms with Crippen LogP contribution in [-0.4, -0.2) is 28.8 Å². The molecule has 0 aliphatic rings. The van der Waals surface area contributed by atoms with Crippen LogP contribution in [0.5, 0.6) is 0 Å². The summed E-state index contributed by atoms with van der Waals surface area (Å²) in [5.41, 5.74) is 0. The second kappa shape index (κ2) is 5.85. The van der Waals surface area contributed by atoms with E-state index in [0.29, 0.717) is 18.1 Å². The Morgan fingerprint density at radius 1 is 1.47 bits per heavy atom. The van der Waals surface area contributed by atoms with Gasteiger partial charge in [-0.3, -0.25) is 0 Å². The predicted octanol–water partition coefficient (Wildman–Crippen LogP) is 2.99. The van der Waals surface area contributed by atoms with E-state index in [1.54, 1.807) is 0 Å². The van der Waals surface area contributed by atoms with E-state index in [4.69, 9.17) is 5.11 Å². The molecule has 0 fully saturated rings. The lowest BCUT2D eigenvalue weighted by Gasteiger charge is -2.05. The van der Waals surface area contributed by atoms with Crippen molar-refractivity contribution in [2.45, 2.75) is 25.4 Å². The number of carbonyl (C=O) groups is 1. The molecule has 1 aromatic rings.